The van der Waals surface area contributed by atoms with Crippen LogP contribution in [-0.2, 0) is 5.41 Å². The van der Waals surface area contributed by atoms with Crippen molar-refractivity contribution in [1.29, 1.82) is 0 Å². The molecule has 1 aromatic rings. The van der Waals surface area contributed by atoms with Gasteiger partial charge in [0.25, 0.3) is 0 Å². The number of nitrogens with one attached hydrogen (secondary N) is 1. The van der Waals surface area contributed by atoms with Crippen molar-refractivity contribution in [3.05, 3.63) is 41.1 Å². The molecule has 1 aliphatic heterocycles. The second-order valence-electron chi connectivity index (χ2n) is 4.52. The number of allylic oxidation sites excluding steroid dienone is 2. The van der Waals surface area contributed by atoms with Crippen LogP contribution in [0, 0.1) is 0 Å². The molecule has 3 heteroatoms. The van der Waals surface area contributed by atoms with Gasteiger partial charge in [0.1, 0.15) is 0 Å². The van der Waals surface area contributed by atoms with Crippen LogP contribution in [0.2, 0.25) is 0 Å². The Bertz CT molecular complexity index is 487. The summed E-state index contributed by atoms with van der Waals surface area (Å²) in [6, 6.07) is 5.21. The summed E-state index contributed by atoms with van der Waals surface area (Å²) in [6.07, 6.45) is 2.03. The molecule has 1 heterocycles. The van der Waals surface area contributed by atoms with Crippen molar-refractivity contribution >= 4 is 11.7 Å². The van der Waals surface area contributed by atoms with Crippen LogP contribution in [0.3, 0.4) is 0 Å². The van der Waals surface area contributed by atoms with Gasteiger partial charge in [0.2, 0.25) is 0 Å². The number of carboxylic acid groups (broad SMARTS) is 1. The van der Waals surface area contributed by atoms with Gasteiger partial charge in [-0.25, -0.2) is 4.79 Å². The van der Waals surface area contributed by atoms with Crippen molar-refractivity contribution in [2.45, 2.75) is 26.2 Å². The van der Waals surface area contributed by atoms with Crippen LogP contribution >= 0.6 is 0 Å². The summed E-state index contributed by atoms with van der Waals surface area (Å²) in [4.78, 5) is 10.9. The fourth-order valence-corrected chi connectivity index (χ4v) is 2.18. The van der Waals surface area contributed by atoms with Gasteiger partial charge < -0.3 is 10.4 Å². The Kier molecular flexibility index (Phi) is 2.26. The van der Waals surface area contributed by atoms with Crippen molar-refractivity contribution in [2.75, 3.05) is 5.32 Å². The molecule has 0 spiro atoms. The zero-order valence-electron chi connectivity index (χ0n) is 9.66. The number of rotatable bonds is 1. The summed E-state index contributed by atoms with van der Waals surface area (Å²) < 4.78 is 0. The van der Waals surface area contributed by atoms with Gasteiger partial charge in [0.05, 0.1) is 5.56 Å². The number of carboxylic acids is 1. The molecule has 1 aliphatic rings. The Morgan fingerprint density at radius 1 is 1.44 bits per heavy atom. The van der Waals surface area contributed by atoms with Crippen LogP contribution in [0.1, 0.15) is 36.7 Å². The fraction of sp³-hybridized carbons (Fsp3) is 0.308. The van der Waals surface area contributed by atoms with E-state index in [1.807, 2.05) is 19.1 Å². The van der Waals surface area contributed by atoms with Crippen molar-refractivity contribution in [3.63, 3.8) is 0 Å². The second kappa shape index (κ2) is 3.37. The largest absolute Gasteiger partial charge is 0.478 e. The molecule has 0 unspecified atom stereocenters. The molecule has 0 aliphatic carbocycles. The van der Waals surface area contributed by atoms with Crippen molar-refractivity contribution < 1.29 is 9.90 Å². The zero-order valence-corrected chi connectivity index (χ0v) is 9.66. The molecule has 1 aromatic carbocycles. The Hall–Kier alpha value is -1.77. The minimum absolute atomic E-state index is 0.143. The lowest BCUT2D eigenvalue weighted by Gasteiger charge is -2.20. The van der Waals surface area contributed by atoms with E-state index < -0.39 is 5.97 Å². The molecule has 0 radical (unpaired) electrons. The minimum Gasteiger partial charge on any atom is -0.478 e. The number of anilines is 1. The Morgan fingerprint density at radius 2 is 2.12 bits per heavy atom. The molecule has 0 saturated carbocycles. The lowest BCUT2D eigenvalue weighted by atomic mass is 9.83. The number of carbonyl (C=O) groups is 1. The zero-order chi connectivity index (χ0) is 11.9. The fourth-order valence-electron chi connectivity index (χ4n) is 2.18. The molecule has 0 atom stereocenters. The smallest absolute Gasteiger partial charge is 0.335 e. The molecule has 3 nitrogen and oxygen atoms in total. The predicted molar refractivity (Wildman–Crippen MR) is 63.8 cm³/mol. The first-order valence-electron chi connectivity index (χ1n) is 5.28. The second-order valence-corrected chi connectivity index (χ2v) is 4.52. The predicted octanol–water partition coefficient (Wildman–Crippen LogP) is 2.99. The standard InChI is InChI=1S/C13H15NO2/c1-4-11-13(2,3)9-7-8(12(15)16)5-6-10(9)14-11/h4-7,14H,1-3H3,(H,15,16)/b11-4+. The molecule has 0 amide bonds. The van der Waals surface area contributed by atoms with E-state index in [9.17, 15) is 4.79 Å². The van der Waals surface area contributed by atoms with E-state index in [-0.39, 0.29) is 5.41 Å². The number of hydrogen-bond donors (Lipinski definition) is 2. The van der Waals surface area contributed by atoms with E-state index in [0.717, 1.165) is 16.9 Å². The van der Waals surface area contributed by atoms with Gasteiger partial charge in [-0.1, -0.05) is 19.9 Å². The third-order valence-corrected chi connectivity index (χ3v) is 3.17. The van der Waals surface area contributed by atoms with E-state index in [1.54, 1.807) is 12.1 Å². The van der Waals surface area contributed by atoms with Crippen molar-refractivity contribution in [2.24, 2.45) is 0 Å². The highest BCUT2D eigenvalue weighted by atomic mass is 16.4. The lowest BCUT2D eigenvalue weighted by molar-refractivity contribution is 0.0697. The van der Waals surface area contributed by atoms with Gasteiger partial charge in [0.15, 0.2) is 0 Å². The summed E-state index contributed by atoms with van der Waals surface area (Å²) in [5, 5.41) is 12.3. The molecular formula is C13H15NO2. The SMILES string of the molecule is C/C=C1/Nc2ccc(C(=O)O)cc2C1(C)C. The van der Waals surface area contributed by atoms with Crippen LogP contribution in [0.25, 0.3) is 0 Å². The summed E-state index contributed by atoms with van der Waals surface area (Å²) >= 11 is 0. The Labute approximate surface area is 94.8 Å². The first-order chi connectivity index (χ1) is 7.46. The number of aromatic carboxylic acids is 1. The third kappa shape index (κ3) is 1.40. The van der Waals surface area contributed by atoms with Crippen molar-refractivity contribution in [1.82, 2.24) is 0 Å². The van der Waals surface area contributed by atoms with Gasteiger partial charge in [-0.15, -0.1) is 0 Å². The maximum Gasteiger partial charge on any atom is 0.335 e. The average Bonchev–Trinajstić information content (AvgIpc) is 2.49. The molecular weight excluding hydrogens is 202 g/mol. The van der Waals surface area contributed by atoms with Crippen LogP contribution in [-0.4, -0.2) is 11.1 Å². The summed E-state index contributed by atoms with van der Waals surface area (Å²) in [6.45, 7) is 6.16. The quantitative estimate of drug-likeness (QED) is 0.760. The molecule has 2 rings (SSSR count). The summed E-state index contributed by atoms with van der Waals surface area (Å²) in [5.41, 5.74) is 3.36. The van der Waals surface area contributed by atoms with Gasteiger partial charge in [-0.3, -0.25) is 0 Å². The van der Waals surface area contributed by atoms with Crippen molar-refractivity contribution in [3.8, 4) is 0 Å². The van der Waals surface area contributed by atoms with E-state index >= 15 is 0 Å². The Balaban J connectivity index is 2.59. The summed E-state index contributed by atoms with van der Waals surface area (Å²) in [7, 11) is 0. The van der Waals surface area contributed by atoms with E-state index in [0.29, 0.717) is 5.56 Å². The van der Waals surface area contributed by atoms with E-state index in [4.69, 9.17) is 5.11 Å². The van der Waals surface area contributed by atoms with E-state index in [2.05, 4.69) is 19.2 Å². The van der Waals surface area contributed by atoms with Gasteiger partial charge in [0, 0.05) is 16.8 Å². The number of benzene rings is 1. The average molecular weight is 217 g/mol. The molecule has 0 bridgehead atoms. The topological polar surface area (TPSA) is 49.3 Å². The normalized spacial score (nSPS) is 19.3. The van der Waals surface area contributed by atoms with E-state index in [1.165, 1.54) is 0 Å². The number of hydrogen-bond acceptors (Lipinski definition) is 2. The first-order valence-corrected chi connectivity index (χ1v) is 5.28. The highest BCUT2D eigenvalue weighted by molar-refractivity contribution is 5.89. The third-order valence-electron chi connectivity index (χ3n) is 3.17. The van der Waals surface area contributed by atoms with Gasteiger partial charge in [-0.05, 0) is 30.7 Å². The lowest BCUT2D eigenvalue weighted by Crippen LogP contribution is -2.17. The Morgan fingerprint density at radius 3 is 2.69 bits per heavy atom. The molecule has 0 aromatic heterocycles. The molecule has 0 fully saturated rings. The highest BCUT2D eigenvalue weighted by Gasteiger charge is 2.34. The van der Waals surface area contributed by atoms with Crippen LogP contribution in [0.4, 0.5) is 5.69 Å². The maximum atomic E-state index is 10.9. The molecule has 16 heavy (non-hydrogen) atoms. The monoisotopic (exact) mass is 217 g/mol. The van der Waals surface area contributed by atoms with Crippen LogP contribution in [0.5, 0.6) is 0 Å². The highest BCUT2D eigenvalue weighted by Crippen LogP contribution is 2.43. The molecule has 84 valence electrons. The van der Waals surface area contributed by atoms with Crippen LogP contribution < -0.4 is 5.32 Å². The van der Waals surface area contributed by atoms with Crippen LogP contribution in [0.15, 0.2) is 30.0 Å². The minimum atomic E-state index is -0.882. The first kappa shape index (κ1) is 10.7. The molecule has 0 saturated heterocycles. The summed E-state index contributed by atoms with van der Waals surface area (Å²) in [5.74, 6) is -0.882. The maximum absolute atomic E-state index is 10.9. The number of fused-ring (bicyclic) bond motifs is 1. The molecule has 2 N–H and O–H groups in total. The van der Waals surface area contributed by atoms with Gasteiger partial charge >= 0.3 is 5.97 Å². The van der Waals surface area contributed by atoms with Gasteiger partial charge in [-0.2, -0.15) is 0 Å².